The van der Waals surface area contributed by atoms with Crippen LogP contribution < -0.4 is 10.6 Å². The molecule has 0 radical (unpaired) electrons. The standard InChI is InChI=1S/C34H41N9O4/c1-2-25-38-32(47-41-25)29-27(44)28(45)33(46-29)43-21-37-26-30(39-34(40-31(26)43)35-16-19-42-17-10-5-11-18-42)36-20-24(22-12-6-3-7-13-22)23-14-8-4-9-15-23/h3-4,6-9,12-15,21,24,27-29,33,44-45H,2,5,10-11,16-20H2,1H3,(H2,35,36,39,40)/t27-,28+,29-,33+/m0/s1. The van der Waals surface area contributed by atoms with Gasteiger partial charge >= 0.3 is 0 Å². The summed E-state index contributed by atoms with van der Waals surface area (Å²) in [6, 6.07) is 20.7. The minimum atomic E-state index is -1.29. The van der Waals surface area contributed by atoms with Gasteiger partial charge in [0.05, 0.1) is 6.33 Å². The third-order valence-electron chi connectivity index (χ3n) is 9.01. The van der Waals surface area contributed by atoms with Crippen molar-refractivity contribution in [3.05, 3.63) is 89.8 Å². The number of ether oxygens (including phenoxy) is 1. The Bertz CT molecular complexity index is 1700. The Hall–Kier alpha value is -4.43. The predicted molar refractivity (Wildman–Crippen MR) is 176 cm³/mol. The minimum absolute atomic E-state index is 0.0540. The van der Waals surface area contributed by atoms with Crippen LogP contribution >= 0.6 is 0 Å². The minimum Gasteiger partial charge on any atom is -0.387 e. The van der Waals surface area contributed by atoms with Gasteiger partial charge in [-0.1, -0.05) is 79.2 Å². The summed E-state index contributed by atoms with van der Waals surface area (Å²) in [5, 5.41) is 33.0. The fourth-order valence-corrected chi connectivity index (χ4v) is 6.43. The van der Waals surface area contributed by atoms with Crippen molar-refractivity contribution < 1.29 is 19.5 Å². The Kier molecular flexibility index (Phi) is 9.38. The SMILES string of the molecule is CCc1noc([C@H]2O[C@@H](n3cnc4c(NCC(c5ccccc5)c5ccccc5)nc(NCCN5CCCCC5)nc43)[C@H](O)[C@@H]2O)n1. The van der Waals surface area contributed by atoms with Gasteiger partial charge in [-0.05, 0) is 37.1 Å². The van der Waals surface area contributed by atoms with Crippen LogP contribution in [0.5, 0.6) is 0 Å². The van der Waals surface area contributed by atoms with Crippen LogP contribution in [0.3, 0.4) is 0 Å². The molecule has 246 valence electrons. The number of likely N-dealkylation sites (tertiary alicyclic amines) is 1. The molecule has 2 aromatic carbocycles. The molecule has 7 rings (SSSR count). The Morgan fingerprint density at radius 3 is 2.30 bits per heavy atom. The molecule has 0 bridgehead atoms. The zero-order valence-electron chi connectivity index (χ0n) is 26.4. The number of nitrogens with zero attached hydrogens (tertiary/aromatic N) is 7. The number of imidazole rings is 1. The predicted octanol–water partition coefficient (Wildman–Crippen LogP) is 3.91. The second-order valence-electron chi connectivity index (χ2n) is 12.1. The van der Waals surface area contributed by atoms with Crippen LogP contribution in [-0.2, 0) is 11.2 Å². The van der Waals surface area contributed by atoms with Crippen LogP contribution in [0, 0.1) is 0 Å². The molecule has 3 aromatic heterocycles. The van der Waals surface area contributed by atoms with E-state index in [4.69, 9.17) is 19.2 Å². The molecule has 0 saturated carbocycles. The van der Waals surface area contributed by atoms with Crippen molar-refractivity contribution in [3.63, 3.8) is 0 Å². The second-order valence-corrected chi connectivity index (χ2v) is 12.1. The lowest BCUT2D eigenvalue weighted by atomic mass is 9.91. The van der Waals surface area contributed by atoms with Crippen molar-refractivity contribution in [2.75, 3.05) is 43.4 Å². The molecule has 2 saturated heterocycles. The van der Waals surface area contributed by atoms with Crippen molar-refractivity contribution in [1.29, 1.82) is 0 Å². The molecule has 4 N–H and O–H groups in total. The van der Waals surface area contributed by atoms with E-state index in [-0.39, 0.29) is 11.8 Å². The second kappa shape index (κ2) is 14.1. The number of aliphatic hydroxyl groups excluding tert-OH is 2. The molecule has 2 aliphatic heterocycles. The number of piperidine rings is 1. The number of rotatable bonds is 12. The van der Waals surface area contributed by atoms with Gasteiger partial charge in [-0.15, -0.1) is 0 Å². The van der Waals surface area contributed by atoms with Gasteiger partial charge < -0.3 is 35.0 Å². The Morgan fingerprint density at radius 1 is 0.894 bits per heavy atom. The summed E-state index contributed by atoms with van der Waals surface area (Å²) in [5.74, 6) is 1.65. The summed E-state index contributed by atoms with van der Waals surface area (Å²) < 4.78 is 13.1. The maximum absolute atomic E-state index is 11.1. The molecule has 2 aliphatic rings. The number of anilines is 2. The van der Waals surface area contributed by atoms with E-state index in [0.29, 0.717) is 48.3 Å². The molecule has 4 atom stereocenters. The van der Waals surface area contributed by atoms with Crippen molar-refractivity contribution in [2.45, 2.75) is 63.1 Å². The van der Waals surface area contributed by atoms with Gasteiger partial charge in [0.2, 0.25) is 5.95 Å². The van der Waals surface area contributed by atoms with Crippen molar-refractivity contribution in [2.24, 2.45) is 0 Å². The number of aryl methyl sites for hydroxylation is 1. The number of fused-ring (bicyclic) bond motifs is 1. The molecule has 13 nitrogen and oxygen atoms in total. The number of benzene rings is 2. The van der Waals surface area contributed by atoms with Crippen LogP contribution in [-0.4, -0.2) is 89.7 Å². The van der Waals surface area contributed by atoms with Crippen LogP contribution in [0.2, 0.25) is 0 Å². The zero-order chi connectivity index (χ0) is 32.2. The van der Waals surface area contributed by atoms with E-state index in [1.807, 2.05) is 43.3 Å². The first-order valence-electron chi connectivity index (χ1n) is 16.5. The lowest BCUT2D eigenvalue weighted by Crippen LogP contribution is -2.34. The zero-order valence-corrected chi connectivity index (χ0v) is 26.4. The van der Waals surface area contributed by atoms with Crippen LogP contribution in [0.1, 0.15) is 67.3 Å². The van der Waals surface area contributed by atoms with E-state index in [1.54, 1.807) is 10.9 Å². The van der Waals surface area contributed by atoms with E-state index < -0.39 is 24.5 Å². The lowest BCUT2D eigenvalue weighted by molar-refractivity contribution is -0.0451. The van der Waals surface area contributed by atoms with Gasteiger partial charge in [0.15, 0.2) is 35.1 Å². The smallest absolute Gasteiger partial charge is 0.258 e. The summed E-state index contributed by atoms with van der Waals surface area (Å²) in [7, 11) is 0. The third-order valence-corrected chi connectivity index (χ3v) is 9.01. The van der Waals surface area contributed by atoms with E-state index in [2.05, 4.69) is 54.9 Å². The molecular formula is C34H41N9O4. The summed E-state index contributed by atoms with van der Waals surface area (Å²) in [6.45, 7) is 6.22. The molecule has 5 aromatic rings. The lowest BCUT2D eigenvalue weighted by Gasteiger charge is -2.26. The highest BCUT2D eigenvalue weighted by atomic mass is 16.6. The van der Waals surface area contributed by atoms with Gasteiger partial charge in [-0.25, -0.2) is 4.98 Å². The van der Waals surface area contributed by atoms with Crippen molar-refractivity contribution in [1.82, 2.24) is 34.6 Å². The first-order chi connectivity index (χ1) is 23.1. The average Bonchev–Trinajstić information content (AvgIpc) is 3.84. The Labute approximate surface area is 273 Å². The van der Waals surface area contributed by atoms with Gasteiger partial charge in [0, 0.05) is 32.0 Å². The number of nitrogens with one attached hydrogen (secondary N) is 2. The van der Waals surface area contributed by atoms with E-state index >= 15 is 0 Å². The summed E-state index contributed by atoms with van der Waals surface area (Å²) >= 11 is 0. The number of hydrogen-bond acceptors (Lipinski definition) is 12. The summed E-state index contributed by atoms with van der Waals surface area (Å²) in [6.07, 6.45) is 1.27. The van der Waals surface area contributed by atoms with Crippen LogP contribution in [0.4, 0.5) is 11.8 Å². The first kappa shape index (κ1) is 31.2. The van der Waals surface area contributed by atoms with Crippen molar-refractivity contribution in [3.8, 4) is 0 Å². The average molecular weight is 640 g/mol. The fraction of sp³-hybridized carbons (Fsp3) is 0.441. The Balaban J connectivity index is 1.19. The van der Waals surface area contributed by atoms with Gasteiger partial charge in [0.25, 0.3) is 5.89 Å². The quantitative estimate of drug-likeness (QED) is 0.156. The third kappa shape index (κ3) is 6.70. The molecular weight excluding hydrogens is 598 g/mol. The number of hydrogen-bond donors (Lipinski definition) is 4. The summed E-state index contributed by atoms with van der Waals surface area (Å²) in [5.41, 5.74) is 3.33. The van der Waals surface area contributed by atoms with E-state index in [9.17, 15) is 10.2 Å². The maximum Gasteiger partial charge on any atom is 0.258 e. The molecule has 2 fully saturated rings. The van der Waals surface area contributed by atoms with E-state index in [1.165, 1.54) is 30.4 Å². The maximum atomic E-state index is 11.1. The number of aromatic nitrogens is 6. The molecule has 13 heteroatoms. The first-order valence-corrected chi connectivity index (χ1v) is 16.5. The molecule has 47 heavy (non-hydrogen) atoms. The highest BCUT2D eigenvalue weighted by Gasteiger charge is 2.47. The molecule has 0 aliphatic carbocycles. The fourth-order valence-electron chi connectivity index (χ4n) is 6.43. The van der Waals surface area contributed by atoms with Crippen molar-refractivity contribution >= 4 is 22.9 Å². The van der Waals surface area contributed by atoms with Gasteiger partial charge in [-0.3, -0.25) is 4.57 Å². The largest absolute Gasteiger partial charge is 0.387 e. The van der Waals surface area contributed by atoms with Crippen LogP contribution in [0.25, 0.3) is 11.2 Å². The topological polar surface area (TPSA) is 160 Å². The Morgan fingerprint density at radius 2 is 1.62 bits per heavy atom. The molecule has 0 amide bonds. The molecule has 5 heterocycles. The van der Waals surface area contributed by atoms with Gasteiger partial charge in [-0.2, -0.15) is 15.0 Å². The highest BCUT2D eigenvalue weighted by Crippen LogP contribution is 2.40. The van der Waals surface area contributed by atoms with Crippen LogP contribution in [0.15, 0.2) is 71.5 Å². The van der Waals surface area contributed by atoms with Gasteiger partial charge in [0.1, 0.15) is 12.2 Å². The highest BCUT2D eigenvalue weighted by molar-refractivity contribution is 5.84. The van der Waals surface area contributed by atoms with E-state index in [0.717, 1.165) is 19.6 Å². The monoisotopic (exact) mass is 639 g/mol. The summed E-state index contributed by atoms with van der Waals surface area (Å²) in [4.78, 5) is 21.2. The normalized spacial score (nSPS) is 21.9. The molecule has 0 spiro atoms. The molecule has 0 unspecified atom stereocenters. The number of aliphatic hydroxyl groups is 2.